The number of rotatable bonds is 6. The van der Waals surface area contributed by atoms with Crippen LogP contribution in [0.2, 0.25) is 0 Å². The Bertz CT molecular complexity index is 392. The molecule has 0 saturated heterocycles. The van der Waals surface area contributed by atoms with Gasteiger partial charge in [0.15, 0.2) is 0 Å². The normalized spacial score (nSPS) is 32.9. The van der Waals surface area contributed by atoms with Crippen LogP contribution < -0.4 is 0 Å². The summed E-state index contributed by atoms with van der Waals surface area (Å²) in [7, 11) is 0. The van der Waals surface area contributed by atoms with Crippen LogP contribution in [-0.4, -0.2) is 35.8 Å². The minimum Gasteiger partial charge on any atom is -0.394 e. The second-order valence-corrected chi connectivity index (χ2v) is 8.29. The molecule has 3 nitrogen and oxygen atoms in total. The van der Waals surface area contributed by atoms with Gasteiger partial charge in [0.25, 0.3) is 0 Å². The molecule has 2 saturated carbocycles. The maximum absolute atomic E-state index is 5.71. The van der Waals surface area contributed by atoms with Gasteiger partial charge in [0.05, 0.1) is 5.71 Å². The van der Waals surface area contributed by atoms with Gasteiger partial charge in [0.2, 0.25) is 0 Å². The Morgan fingerprint density at radius 2 is 1.81 bits per heavy atom. The van der Waals surface area contributed by atoms with Crippen molar-refractivity contribution in [1.82, 2.24) is 4.90 Å². The van der Waals surface area contributed by atoms with E-state index in [-0.39, 0.29) is 5.41 Å². The van der Waals surface area contributed by atoms with Gasteiger partial charge in [-0.3, -0.25) is 4.90 Å². The molecule has 2 fully saturated rings. The highest BCUT2D eigenvalue weighted by Crippen LogP contribution is 2.63. The maximum Gasteiger partial charge on any atom is 0.129 e. The van der Waals surface area contributed by atoms with Crippen LogP contribution in [0.1, 0.15) is 67.7 Å². The van der Waals surface area contributed by atoms with Gasteiger partial charge in [-0.15, -0.1) is 0 Å². The third-order valence-corrected chi connectivity index (χ3v) is 6.45. The molecule has 2 unspecified atom stereocenters. The first-order chi connectivity index (χ1) is 9.70. The number of hydrogen-bond acceptors (Lipinski definition) is 3. The summed E-state index contributed by atoms with van der Waals surface area (Å²) >= 11 is 0. The van der Waals surface area contributed by atoms with E-state index in [1.807, 2.05) is 0 Å². The Labute approximate surface area is 131 Å². The van der Waals surface area contributed by atoms with Gasteiger partial charge < -0.3 is 4.84 Å². The third-order valence-electron chi connectivity index (χ3n) is 6.45. The van der Waals surface area contributed by atoms with Gasteiger partial charge in [-0.1, -0.05) is 25.9 Å². The van der Waals surface area contributed by atoms with Crippen molar-refractivity contribution >= 4 is 5.71 Å². The Morgan fingerprint density at radius 3 is 2.24 bits per heavy atom. The fraction of sp³-hybridized carbons (Fsp3) is 0.944. The van der Waals surface area contributed by atoms with Crippen LogP contribution >= 0.6 is 0 Å². The van der Waals surface area contributed by atoms with E-state index in [0.29, 0.717) is 24.1 Å². The van der Waals surface area contributed by atoms with Crippen LogP contribution in [0.4, 0.5) is 0 Å². The first-order valence-corrected chi connectivity index (χ1v) is 8.65. The lowest BCUT2D eigenvalue weighted by Gasteiger charge is -2.34. The fourth-order valence-corrected chi connectivity index (χ4v) is 4.45. The van der Waals surface area contributed by atoms with Crippen molar-refractivity contribution < 1.29 is 4.84 Å². The Balaban J connectivity index is 1.89. The quantitative estimate of drug-likeness (QED) is 0.538. The predicted octanol–water partition coefficient (Wildman–Crippen LogP) is 4.32. The Hall–Kier alpha value is -0.570. The van der Waals surface area contributed by atoms with E-state index in [9.17, 15) is 0 Å². The SMILES string of the molecule is CC(C)N(CCO/N=C1/CC2CCC1(C)C2(C)C)C(C)C. The molecule has 3 heteroatoms. The van der Waals surface area contributed by atoms with Gasteiger partial charge in [-0.2, -0.15) is 0 Å². The smallest absolute Gasteiger partial charge is 0.129 e. The molecule has 0 radical (unpaired) electrons. The van der Waals surface area contributed by atoms with E-state index in [0.717, 1.165) is 18.9 Å². The van der Waals surface area contributed by atoms with Gasteiger partial charge in [0.1, 0.15) is 6.61 Å². The summed E-state index contributed by atoms with van der Waals surface area (Å²) in [6.45, 7) is 17.8. The minimum absolute atomic E-state index is 0.257. The lowest BCUT2D eigenvalue weighted by molar-refractivity contribution is 0.0801. The molecule has 2 bridgehead atoms. The second-order valence-electron chi connectivity index (χ2n) is 8.29. The van der Waals surface area contributed by atoms with Crippen molar-refractivity contribution in [2.45, 2.75) is 79.8 Å². The lowest BCUT2D eigenvalue weighted by Crippen LogP contribution is -2.39. The molecule has 0 aromatic rings. The minimum atomic E-state index is 0.257. The van der Waals surface area contributed by atoms with Crippen LogP contribution in [0.3, 0.4) is 0 Å². The molecule has 0 aromatic heterocycles. The first-order valence-electron chi connectivity index (χ1n) is 8.65. The van der Waals surface area contributed by atoms with E-state index in [1.54, 1.807) is 0 Å². The molecule has 2 rings (SSSR count). The molecule has 0 N–H and O–H groups in total. The average Bonchev–Trinajstić information content (AvgIpc) is 2.70. The first kappa shape index (κ1) is 16.8. The third kappa shape index (κ3) is 2.86. The Morgan fingerprint density at radius 1 is 1.19 bits per heavy atom. The summed E-state index contributed by atoms with van der Waals surface area (Å²) in [6, 6.07) is 1.11. The summed E-state index contributed by atoms with van der Waals surface area (Å²) in [4.78, 5) is 8.16. The van der Waals surface area contributed by atoms with Crippen molar-refractivity contribution in [2.24, 2.45) is 21.9 Å². The highest BCUT2D eigenvalue weighted by atomic mass is 16.6. The van der Waals surface area contributed by atoms with Gasteiger partial charge in [0, 0.05) is 24.0 Å². The molecule has 2 aliphatic rings. The maximum atomic E-state index is 5.71. The molecule has 2 atom stereocenters. The average molecular weight is 294 g/mol. The number of hydrogen-bond donors (Lipinski definition) is 0. The molecule has 21 heavy (non-hydrogen) atoms. The topological polar surface area (TPSA) is 24.8 Å². The highest BCUT2D eigenvalue weighted by Gasteiger charge is 2.60. The van der Waals surface area contributed by atoms with Crippen LogP contribution in [0.5, 0.6) is 0 Å². The van der Waals surface area contributed by atoms with Gasteiger partial charge >= 0.3 is 0 Å². The molecular formula is C18H34N2O. The molecule has 0 aliphatic heterocycles. The highest BCUT2D eigenvalue weighted by molar-refractivity contribution is 5.93. The van der Waals surface area contributed by atoms with E-state index in [1.165, 1.54) is 18.6 Å². The van der Waals surface area contributed by atoms with Crippen LogP contribution in [0, 0.1) is 16.7 Å². The second kappa shape index (κ2) is 5.91. The molecule has 0 amide bonds. The molecule has 0 aromatic carbocycles. The van der Waals surface area contributed by atoms with Crippen molar-refractivity contribution in [2.75, 3.05) is 13.2 Å². The molecular weight excluding hydrogens is 260 g/mol. The predicted molar refractivity (Wildman–Crippen MR) is 89.6 cm³/mol. The summed E-state index contributed by atoms with van der Waals surface area (Å²) in [5.74, 6) is 0.799. The summed E-state index contributed by atoms with van der Waals surface area (Å²) in [5, 5.41) is 4.55. The zero-order chi connectivity index (χ0) is 15.8. The van der Waals surface area contributed by atoms with E-state index in [4.69, 9.17) is 4.84 Å². The zero-order valence-electron chi connectivity index (χ0n) is 15.1. The molecule has 0 heterocycles. The van der Waals surface area contributed by atoms with Crippen molar-refractivity contribution in [3.05, 3.63) is 0 Å². The number of oxime groups is 1. The molecule has 2 aliphatic carbocycles. The molecule has 122 valence electrons. The number of fused-ring (bicyclic) bond motifs is 2. The summed E-state index contributed by atoms with van der Waals surface area (Å²) < 4.78 is 0. The summed E-state index contributed by atoms with van der Waals surface area (Å²) in [6.07, 6.45) is 3.77. The van der Waals surface area contributed by atoms with Crippen LogP contribution in [-0.2, 0) is 4.84 Å². The summed E-state index contributed by atoms with van der Waals surface area (Å²) in [5.41, 5.74) is 1.95. The van der Waals surface area contributed by atoms with Gasteiger partial charge in [-0.05, 0) is 58.3 Å². The fourth-order valence-electron chi connectivity index (χ4n) is 4.45. The van der Waals surface area contributed by atoms with Crippen molar-refractivity contribution in [1.29, 1.82) is 0 Å². The molecule has 0 spiro atoms. The van der Waals surface area contributed by atoms with E-state index >= 15 is 0 Å². The lowest BCUT2D eigenvalue weighted by atomic mass is 9.70. The Kier molecular flexibility index (Phi) is 4.72. The van der Waals surface area contributed by atoms with Gasteiger partial charge in [-0.25, -0.2) is 0 Å². The van der Waals surface area contributed by atoms with Crippen LogP contribution in [0.25, 0.3) is 0 Å². The number of nitrogens with zero attached hydrogens (tertiary/aromatic N) is 2. The van der Waals surface area contributed by atoms with Crippen molar-refractivity contribution in [3.63, 3.8) is 0 Å². The van der Waals surface area contributed by atoms with E-state index < -0.39 is 0 Å². The zero-order valence-corrected chi connectivity index (χ0v) is 15.1. The van der Waals surface area contributed by atoms with Crippen molar-refractivity contribution in [3.8, 4) is 0 Å². The largest absolute Gasteiger partial charge is 0.394 e. The van der Waals surface area contributed by atoms with Crippen LogP contribution in [0.15, 0.2) is 5.16 Å². The standard InChI is InChI=1S/C18H34N2O/c1-13(2)20(14(3)4)10-11-21-19-16-12-15-8-9-18(16,7)17(15,5)6/h13-15H,8-12H2,1-7H3/b19-16-. The van der Waals surface area contributed by atoms with E-state index in [2.05, 4.69) is 58.5 Å². The monoisotopic (exact) mass is 294 g/mol.